The molecule has 0 unspecified atom stereocenters. The average molecular weight is 305 g/mol. The van der Waals surface area contributed by atoms with Crippen LogP contribution in [0.5, 0.6) is 0 Å². The van der Waals surface area contributed by atoms with E-state index < -0.39 is 10.5 Å². The van der Waals surface area contributed by atoms with Crippen LogP contribution in [0.15, 0.2) is 36.4 Å². The summed E-state index contributed by atoms with van der Waals surface area (Å²) in [6.45, 7) is 0. The lowest BCUT2D eigenvalue weighted by Crippen LogP contribution is -1.99. The third-order valence-corrected chi connectivity index (χ3v) is 3.71. The largest absolute Gasteiger partial charge is 0.289 e. The molecular formula is C15H6Cl2O3. The predicted molar refractivity (Wildman–Crippen MR) is 75.7 cm³/mol. The molecule has 0 aliphatic heterocycles. The molecule has 0 N–H and O–H groups in total. The van der Waals surface area contributed by atoms with Gasteiger partial charge in [0.15, 0.2) is 5.78 Å². The Morgan fingerprint density at radius 2 is 1.10 bits per heavy atom. The number of benzene rings is 2. The summed E-state index contributed by atoms with van der Waals surface area (Å²) < 4.78 is 0. The lowest BCUT2D eigenvalue weighted by molar-refractivity contribution is 0.104. The molecule has 1 aliphatic rings. The molecule has 5 heteroatoms. The summed E-state index contributed by atoms with van der Waals surface area (Å²) in [6, 6.07) is 9.42. The fraction of sp³-hybridized carbons (Fsp3) is 0. The summed E-state index contributed by atoms with van der Waals surface area (Å²) in [7, 11) is 0. The molecular weight excluding hydrogens is 299 g/mol. The van der Waals surface area contributed by atoms with Crippen LogP contribution in [0, 0.1) is 0 Å². The number of rotatable bonds is 2. The monoisotopic (exact) mass is 304 g/mol. The number of hydrogen-bond donors (Lipinski definition) is 0. The molecule has 0 saturated heterocycles. The Kier molecular flexibility index (Phi) is 2.96. The molecule has 2 aromatic carbocycles. The first-order valence-electron chi connectivity index (χ1n) is 5.72. The fourth-order valence-corrected chi connectivity index (χ4v) is 2.56. The normalized spacial score (nSPS) is 12.0. The predicted octanol–water partition coefficient (Wildman–Crippen LogP) is 3.66. The third-order valence-electron chi connectivity index (χ3n) is 3.27. The lowest BCUT2D eigenvalue weighted by atomic mass is 10.0. The molecule has 0 amide bonds. The Morgan fingerprint density at radius 1 is 0.700 bits per heavy atom. The van der Waals surface area contributed by atoms with Crippen LogP contribution in [0.3, 0.4) is 0 Å². The Hall–Kier alpha value is -1.97. The van der Waals surface area contributed by atoms with E-state index in [2.05, 4.69) is 0 Å². The van der Waals surface area contributed by atoms with Crippen LogP contribution in [-0.2, 0) is 0 Å². The molecule has 0 atom stereocenters. The van der Waals surface area contributed by atoms with Gasteiger partial charge in [-0.2, -0.15) is 0 Å². The van der Waals surface area contributed by atoms with Gasteiger partial charge in [0.2, 0.25) is 0 Å². The fourth-order valence-electron chi connectivity index (χ4n) is 2.32. The number of ketones is 1. The van der Waals surface area contributed by atoms with Crippen molar-refractivity contribution < 1.29 is 14.4 Å². The van der Waals surface area contributed by atoms with Gasteiger partial charge in [0, 0.05) is 22.3 Å². The molecule has 20 heavy (non-hydrogen) atoms. The molecule has 3 nitrogen and oxygen atoms in total. The van der Waals surface area contributed by atoms with E-state index in [4.69, 9.17) is 23.2 Å². The van der Waals surface area contributed by atoms with Crippen LogP contribution < -0.4 is 0 Å². The van der Waals surface area contributed by atoms with Crippen LogP contribution >= 0.6 is 23.2 Å². The van der Waals surface area contributed by atoms with Crippen LogP contribution in [0.4, 0.5) is 0 Å². The van der Waals surface area contributed by atoms with E-state index in [1.807, 2.05) is 0 Å². The SMILES string of the molecule is O=C(Cl)c1ccc2c(c1)C(=O)c1cc(C(=O)Cl)ccc1-2. The molecule has 0 saturated carbocycles. The van der Waals surface area contributed by atoms with Crippen molar-refractivity contribution in [2.45, 2.75) is 0 Å². The average Bonchev–Trinajstić information content (AvgIpc) is 2.71. The topological polar surface area (TPSA) is 51.2 Å². The van der Waals surface area contributed by atoms with Crippen molar-refractivity contribution in [2.24, 2.45) is 0 Å². The van der Waals surface area contributed by atoms with Gasteiger partial charge in [-0.15, -0.1) is 0 Å². The number of carbonyl (C=O) groups is 3. The lowest BCUT2D eigenvalue weighted by Gasteiger charge is -2.01. The van der Waals surface area contributed by atoms with Gasteiger partial charge in [-0.3, -0.25) is 14.4 Å². The highest BCUT2D eigenvalue weighted by Crippen LogP contribution is 2.37. The van der Waals surface area contributed by atoms with Crippen molar-refractivity contribution in [2.75, 3.05) is 0 Å². The summed E-state index contributed by atoms with van der Waals surface area (Å²) in [5.74, 6) is -0.241. The molecule has 1 aliphatic carbocycles. The molecule has 0 fully saturated rings. The Labute approximate surface area is 124 Å². The van der Waals surface area contributed by atoms with Crippen LogP contribution in [-0.4, -0.2) is 16.3 Å². The van der Waals surface area contributed by atoms with E-state index >= 15 is 0 Å². The second-order valence-corrected chi connectivity index (χ2v) is 5.08. The molecule has 0 aromatic heterocycles. The van der Waals surface area contributed by atoms with Crippen molar-refractivity contribution in [3.8, 4) is 11.1 Å². The maximum absolute atomic E-state index is 12.3. The zero-order chi connectivity index (χ0) is 14.4. The van der Waals surface area contributed by atoms with Crippen LogP contribution in [0.1, 0.15) is 36.6 Å². The molecule has 98 valence electrons. The molecule has 0 heterocycles. The number of hydrogen-bond acceptors (Lipinski definition) is 3. The van der Waals surface area contributed by atoms with Crippen molar-refractivity contribution >= 4 is 39.5 Å². The Morgan fingerprint density at radius 3 is 1.45 bits per heavy atom. The summed E-state index contributed by atoms with van der Waals surface area (Å²) in [5.41, 5.74) is 2.79. The first-order valence-corrected chi connectivity index (χ1v) is 6.47. The van der Waals surface area contributed by atoms with Gasteiger partial charge in [-0.25, -0.2) is 0 Å². The number of fused-ring (bicyclic) bond motifs is 3. The highest BCUT2D eigenvalue weighted by molar-refractivity contribution is 6.68. The van der Waals surface area contributed by atoms with Gasteiger partial charge in [0.25, 0.3) is 10.5 Å². The zero-order valence-electron chi connectivity index (χ0n) is 9.94. The molecule has 0 radical (unpaired) electrons. The van der Waals surface area contributed by atoms with Crippen molar-refractivity contribution in [1.29, 1.82) is 0 Å². The maximum Gasteiger partial charge on any atom is 0.252 e. The van der Waals surface area contributed by atoms with E-state index in [1.54, 1.807) is 24.3 Å². The van der Waals surface area contributed by atoms with E-state index in [0.717, 1.165) is 11.1 Å². The molecule has 2 aromatic rings. The molecule has 0 spiro atoms. The van der Waals surface area contributed by atoms with Gasteiger partial charge >= 0.3 is 0 Å². The minimum Gasteiger partial charge on any atom is -0.289 e. The third kappa shape index (κ3) is 1.87. The summed E-state index contributed by atoms with van der Waals surface area (Å²) in [5, 5.41) is -1.23. The molecule has 3 rings (SSSR count). The minimum absolute atomic E-state index is 0.241. The highest BCUT2D eigenvalue weighted by Gasteiger charge is 2.28. The Balaban J connectivity index is 2.21. The van der Waals surface area contributed by atoms with Crippen LogP contribution in [0.2, 0.25) is 0 Å². The van der Waals surface area contributed by atoms with E-state index in [0.29, 0.717) is 11.1 Å². The first-order chi connectivity index (χ1) is 9.49. The van der Waals surface area contributed by atoms with E-state index in [9.17, 15) is 14.4 Å². The van der Waals surface area contributed by atoms with Crippen LogP contribution in [0.25, 0.3) is 11.1 Å². The minimum atomic E-state index is -0.617. The van der Waals surface area contributed by atoms with E-state index in [-0.39, 0.29) is 16.9 Å². The van der Waals surface area contributed by atoms with Gasteiger partial charge in [-0.1, -0.05) is 12.1 Å². The standard InChI is InChI=1S/C15H6Cl2O3/c16-14(19)7-1-3-9-10-4-2-8(15(17)20)6-12(10)13(18)11(9)5-7/h1-6H. The summed E-state index contributed by atoms with van der Waals surface area (Å²) in [6.07, 6.45) is 0. The highest BCUT2D eigenvalue weighted by atomic mass is 35.5. The smallest absolute Gasteiger partial charge is 0.252 e. The summed E-state index contributed by atoms with van der Waals surface area (Å²) >= 11 is 10.8. The first kappa shape index (κ1) is 13.0. The van der Waals surface area contributed by atoms with Gasteiger partial charge in [-0.05, 0) is 58.6 Å². The second kappa shape index (κ2) is 4.54. The zero-order valence-corrected chi connectivity index (χ0v) is 11.5. The maximum atomic E-state index is 12.3. The molecule has 0 bridgehead atoms. The van der Waals surface area contributed by atoms with Gasteiger partial charge < -0.3 is 0 Å². The second-order valence-electron chi connectivity index (χ2n) is 4.40. The number of halogens is 2. The van der Waals surface area contributed by atoms with E-state index in [1.165, 1.54) is 12.1 Å². The summed E-state index contributed by atoms with van der Waals surface area (Å²) in [4.78, 5) is 34.6. The van der Waals surface area contributed by atoms with Crippen molar-refractivity contribution in [3.63, 3.8) is 0 Å². The van der Waals surface area contributed by atoms with Crippen molar-refractivity contribution in [1.82, 2.24) is 0 Å². The van der Waals surface area contributed by atoms with Gasteiger partial charge in [0.1, 0.15) is 0 Å². The number of carbonyl (C=O) groups excluding carboxylic acids is 3. The quantitative estimate of drug-likeness (QED) is 0.679. The van der Waals surface area contributed by atoms with Gasteiger partial charge in [0.05, 0.1) is 0 Å². The van der Waals surface area contributed by atoms with Crippen molar-refractivity contribution in [3.05, 3.63) is 58.7 Å². The Bertz CT molecular complexity index is 728.